The zero-order valence-electron chi connectivity index (χ0n) is 15.6. The van der Waals surface area contributed by atoms with Crippen molar-refractivity contribution in [3.05, 3.63) is 0 Å². The zero-order valence-corrected chi connectivity index (χ0v) is 16.5. The molecule has 0 radical (unpaired) electrons. The first-order chi connectivity index (χ1) is 11.6. The highest BCUT2D eigenvalue weighted by atomic mass is 32.1. The Morgan fingerprint density at radius 3 is 1.38 bits per heavy atom. The SMILES string of the molecule is CCCCCCCCOC(=O)C(S)C(=O)OCCCCCCCC. The van der Waals surface area contributed by atoms with Crippen molar-refractivity contribution in [2.45, 2.75) is 96.1 Å². The van der Waals surface area contributed by atoms with Crippen LogP contribution in [-0.4, -0.2) is 30.4 Å². The molecular formula is C19H36O4S. The summed E-state index contributed by atoms with van der Waals surface area (Å²) in [5.41, 5.74) is 0. The Kier molecular flexibility index (Phi) is 16.6. The van der Waals surface area contributed by atoms with Crippen LogP contribution in [0.25, 0.3) is 0 Å². The lowest BCUT2D eigenvalue weighted by molar-refractivity contribution is -0.153. The molecule has 0 bridgehead atoms. The van der Waals surface area contributed by atoms with Crippen LogP contribution in [0.1, 0.15) is 90.9 Å². The third-order valence-corrected chi connectivity index (χ3v) is 4.35. The largest absolute Gasteiger partial charge is 0.464 e. The van der Waals surface area contributed by atoms with Gasteiger partial charge in [-0.1, -0.05) is 78.1 Å². The van der Waals surface area contributed by atoms with E-state index in [0.717, 1.165) is 38.5 Å². The molecule has 0 atom stereocenters. The number of ether oxygens (including phenoxy) is 2. The lowest BCUT2D eigenvalue weighted by Crippen LogP contribution is -2.29. The molecule has 0 N–H and O–H groups in total. The fraction of sp³-hybridized carbons (Fsp3) is 0.895. The van der Waals surface area contributed by atoms with Crippen LogP contribution in [0.2, 0.25) is 0 Å². The van der Waals surface area contributed by atoms with Crippen LogP contribution >= 0.6 is 12.6 Å². The number of hydrogen-bond acceptors (Lipinski definition) is 5. The first kappa shape index (κ1) is 23.3. The second-order valence-corrected chi connectivity index (χ2v) is 6.79. The fourth-order valence-electron chi connectivity index (χ4n) is 2.36. The van der Waals surface area contributed by atoms with Gasteiger partial charge in [-0.2, -0.15) is 12.6 Å². The van der Waals surface area contributed by atoms with Crippen LogP contribution in [0.15, 0.2) is 0 Å². The average Bonchev–Trinajstić information content (AvgIpc) is 2.59. The molecule has 24 heavy (non-hydrogen) atoms. The highest BCUT2D eigenvalue weighted by molar-refractivity contribution is 7.82. The van der Waals surface area contributed by atoms with Gasteiger partial charge in [-0.3, -0.25) is 9.59 Å². The Hall–Kier alpha value is -0.710. The van der Waals surface area contributed by atoms with E-state index >= 15 is 0 Å². The van der Waals surface area contributed by atoms with Gasteiger partial charge in [-0.05, 0) is 12.8 Å². The molecule has 0 aliphatic carbocycles. The van der Waals surface area contributed by atoms with Crippen molar-refractivity contribution < 1.29 is 19.1 Å². The quantitative estimate of drug-likeness (QED) is 0.180. The molecule has 0 heterocycles. The summed E-state index contributed by atoms with van der Waals surface area (Å²) in [5, 5.41) is -1.12. The predicted octanol–water partition coefficient (Wildman–Crippen LogP) is 5.09. The molecule has 0 unspecified atom stereocenters. The Balaban J connectivity index is 3.59. The van der Waals surface area contributed by atoms with Crippen molar-refractivity contribution >= 4 is 24.6 Å². The van der Waals surface area contributed by atoms with Crippen LogP contribution in [0, 0.1) is 0 Å². The number of unbranched alkanes of at least 4 members (excludes halogenated alkanes) is 10. The Morgan fingerprint density at radius 1 is 0.667 bits per heavy atom. The Morgan fingerprint density at radius 2 is 1.00 bits per heavy atom. The fourth-order valence-corrected chi connectivity index (χ4v) is 2.51. The summed E-state index contributed by atoms with van der Waals surface area (Å²) in [6.07, 6.45) is 13.5. The Labute approximate surface area is 153 Å². The van der Waals surface area contributed by atoms with Crippen molar-refractivity contribution in [2.24, 2.45) is 0 Å². The molecule has 0 aromatic carbocycles. The van der Waals surface area contributed by atoms with Gasteiger partial charge in [-0.25, -0.2) is 0 Å². The minimum atomic E-state index is -1.12. The summed E-state index contributed by atoms with van der Waals surface area (Å²) in [5.74, 6) is -1.19. The normalized spacial score (nSPS) is 10.8. The van der Waals surface area contributed by atoms with Crippen molar-refractivity contribution in [3.63, 3.8) is 0 Å². The number of carbonyl (C=O) groups is 2. The summed E-state index contributed by atoms with van der Waals surface area (Å²) in [7, 11) is 0. The van der Waals surface area contributed by atoms with Gasteiger partial charge in [0.05, 0.1) is 13.2 Å². The highest BCUT2D eigenvalue weighted by Gasteiger charge is 2.25. The minimum absolute atomic E-state index is 0.354. The highest BCUT2D eigenvalue weighted by Crippen LogP contribution is 2.08. The van der Waals surface area contributed by atoms with Crippen molar-refractivity contribution in [3.8, 4) is 0 Å². The van der Waals surface area contributed by atoms with E-state index in [1.54, 1.807) is 0 Å². The van der Waals surface area contributed by atoms with Crippen LogP contribution in [0.4, 0.5) is 0 Å². The van der Waals surface area contributed by atoms with Crippen molar-refractivity contribution in [1.82, 2.24) is 0 Å². The average molecular weight is 361 g/mol. The van der Waals surface area contributed by atoms with Gasteiger partial charge < -0.3 is 9.47 Å². The molecule has 0 amide bonds. The van der Waals surface area contributed by atoms with Crippen LogP contribution in [0.3, 0.4) is 0 Å². The van der Waals surface area contributed by atoms with Crippen LogP contribution < -0.4 is 0 Å². The number of carbonyl (C=O) groups excluding carboxylic acids is 2. The molecule has 0 saturated carbocycles. The van der Waals surface area contributed by atoms with Gasteiger partial charge in [0.25, 0.3) is 0 Å². The van der Waals surface area contributed by atoms with Gasteiger partial charge in [0.15, 0.2) is 5.25 Å². The molecule has 5 heteroatoms. The summed E-state index contributed by atoms with van der Waals surface area (Å²) in [6.45, 7) is 5.07. The number of thiol groups is 1. The Bertz CT molecular complexity index is 290. The maximum Gasteiger partial charge on any atom is 0.330 e. The second-order valence-electron chi connectivity index (χ2n) is 6.27. The topological polar surface area (TPSA) is 52.6 Å². The number of hydrogen-bond donors (Lipinski definition) is 1. The third-order valence-electron chi connectivity index (χ3n) is 3.93. The lowest BCUT2D eigenvalue weighted by Gasteiger charge is -2.11. The molecule has 0 rings (SSSR count). The van der Waals surface area contributed by atoms with Crippen LogP contribution in [-0.2, 0) is 19.1 Å². The first-order valence-corrected chi connectivity index (χ1v) is 10.2. The van der Waals surface area contributed by atoms with Gasteiger partial charge in [0, 0.05) is 0 Å². The summed E-state index contributed by atoms with van der Waals surface area (Å²) in [6, 6.07) is 0. The van der Waals surface area contributed by atoms with E-state index < -0.39 is 17.2 Å². The molecule has 142 valence electrons. The maximum absolute atomic E-state index is 11.7. The summed E-state index contributed by atoms with van der Waals surface area (Å²) < 4.78 is 10.2. The van der Waals surface area contributed by atoms with E-state index in [9.17, 15) is 9.59 Å². The molecule has 0 aromatic heterocycles. The van der Waals surface area contributed by atoms with Crippen LogP contribution in [0.5, 0.6) is 0 Å². The monoisotopic (exact) mass is 360 g/mol. The van der Waals surface area contributed by atoms with E-state index in [4.69, 9.17) is 9.47 Å². The van der Waals surface area contributed by atoms with Crippen molar-refractivity contribution in [2.75, 3.05) is 13.2 Å². The maximum atomic E-state index is 11.7. The van der Waals surface area contributed by atoms with E-state index in [1.807, 2.05) is 0 Å². The molecule has 0 spiro atoms. The van der Waals surface area contributed by atoms with E-state index in [0.29, 0.717) is 13.2 Å². The zero-order chi connectivity index (χ0) is 18.0. The predicted molar refractivity (Wildman–Crippen MR) is 101 cm³/mol. The smallest absolute Gasteiger partial charge is 0.330 e. The third kappa shape index (κ3) is 13.7. The summed E-state index contributed by atoms with van der Waals surface area (Å²) in [4.78, 5) is 23.5. The first-order valence-electron chi connectivity index (χ1n) is 9.64. The molecule has 0 saturated heterocycles. The van der Waals surface area contributed by atoms with Gasteiger partial charge in [0.2, 0.25) is 0 Å². The molecule has 0 aliphatic rings. The molecule has 0 aliphatic heterocycles. The number of rotatable bonds is 16. The van der Waals surface area contributed by atoms with Gasteiger partial charge >= 0.3 is 11.9 Å². The van der Waals surface area contributed by atoms with E-state index in [1.165, 1.54) is 38.5 Å². The van der Waals surface area contributed by atoms with Gasteiger partial charge in [0.1, 0.15) is 0 Å². The lowest BCUT2D eigenvalue weighted by atomic mass is 10.1. The molecule has 0 fully saturated rings. The summed E-state index contributed by atoms with van der Waals surface area (Å²) >= 11 is 4.01. The number of esters is 2. The molecule has 0 aromatic rings. The molecular weight excluding hydrogens is 324 g/mol. The van der Waals surface area contributed by atoms with E-state index in [-0.39, 0.29) is 0 Å². The second kappa shape index (κ2) is 17.1. The van der Waals surface area contributed by atoms with Gasteiger partial charge in [-0.15, -0.1) is 0 Å². The minimum Gasteiger partial charge on any atom is -0.464 e. The molecule has 4 nitrogen and oxygen atoms in total. The van der Waals surface area contributed by atoms with E-state index in [2.05, 4.69) is 26.5 Å². The standard InChI is InChI=1S/C19H36O4S/c1-3-5-7-9-11-13-15-22-18(20)17(24)19(21)23-16-14-12-10-8-6-4-2/h17,24H,3-16H2,1-2H3. The van der Waals surface area contributed by atoms with Crippen molar-refractivity contribution in [1.29, 1.82) is 0 Å².